The van der Waals surface area contributed by atoms with Gasteiger partial charge in [-0.3, -0.25) is 9.69 Å². The molecule has 0 saturated carbocycles. The van der Waals surface area contributed by atoms with E-state index in [0.717, 1.165) is 24.9 Å². The maximum atomic E-state index is 13.3. The summed E-state index contributed by atoms with van der Waals surface area (Å²) < 4.78 is 0. The summed E-state index contributed by atoms with van der Waals surface area (Å²) in [5, 5.41) is 9.60. The van der Waals surface area contributed by atoms with Gasteiger partial charge in [-0.05, 0) is 31.0 Å². The number of benzene rings is 2. The Morgan fingerprint density at radius 1 is 1.16 bits per heavy atom. The zero-order valence-electron chi connectivity index (χ0n) is 14.7. The minimum absolute atomic E-state index is 0.0374. The molecule has 1 N–H and O–H groups in total. The van der Waals surface area contributed by atoms with E-state index in [4.69, 9.17) is 0 Å². The fraction of sp³-hybridized carbons (Fsp3) is 0.381. The number of hydrogen-bond donors (Lipinski definition) is 1. The van der Waals surface area contributed by atoms with Crippen molar-refractivity contribution in [3.8, 4) is 0 Å². The summed E-state index contributed by atoms with van der Waals surface area (Å²) >= 11 is 0. The van der Waals surface area contributed by atoms with Gasteiger partial charge in [0.1, 0.15) is 6.04 Å². The molecular formula is C21H26N2O2. The van der Waals surface area contributed by atoms with Crippen molar-refractivity contribution in [2.75, 3.05) is 20.2 Å². The largest absolute Gasteiger partial charge is 0.394 e. The van der Waals surface area contributed by atoms with Gasteiger partial charge in [-0.1, -0.05) is 60.7 Å². The van der Waals surface area contributed by atoms with E-state index in [1.54, 1.807) is 0 Å². The fourth-order valence-corrected chi connectivity index (χ4v) is 3.66. The van der Waals surface area contributed by atoms with E-state index in [-0.39, 0.29) is 24.6 Å². The zero-order chi connectivity index (χ0) is 17.6. The van der Waals surface area contributed by atoms with Crippen molar-refractivity contribution in [3.05, 3.63) is 71.8 Å². The van der Waals surface area contributed by atoms with Crippen LogP contribution >= 0.6 is 0 Å². The Balaban J connectivity index is 1.86. The van der Waals surface area contributed by atoms with Gasteiger partial charge < -0.3 is 10.0 Å². The topological polar surface area (TPSA) is 43.8 Å². The summed E-state index contributed by atoms with van der Waals surface area (Å²) in [5.41, 5.74) is 2.17. The van der Waals surface area contributed by atoms with Crippen LogP contribution in [0.15, 0.2) is 60.7 Å². The smallest absolute Gasteiger partial charge is 0.244 e. The molecule has 0 bridgehead atoms. The van der Waals surface area contributed by atoms with Crippen molar-refractivity contribution >= 4 is 5.91 Å². The van der Waals surface area contributed by atoms with Crippen LogP contribution in [0.3, 0.4) is 0 Å². The molecule has 1 aliphatic heterocycles. The average molecular weight is 338 g/mol. The van der Waals surface area contributed by atoms with Gasteiger partial charge in [0.05, 0.1) is 12.6 Å². The van der Waals surface area contributed by atoms with Crippen LogP contribution in [0.5, 0.6) is 0 Å². The quantitative estimate of drug-likeness (QED) is 0.881. The number of nitrogens with zero attached hydrogens (tertiary/aromatic N) is 2. The van der Waals surface area contributed by atoms with Crippen LogP contribution in [0.2, 0.25) is 0 Å². The number of carbonyl (C=O) groups is 1. The van der Waals surface area contributed by atoms with Gasteiger partial charge in [0, 0.05) is 13.1 Å². The van der Waals surface area contributed by atoms with Crippen LogP contribution in [0.25, 0.3) is 0 Å². The molecule has 1 fully saturated rings. The molecule has 0 aromatic heterocycles. The van der Waals surface area contributed by atoms with Gasteiger partial charge in [0.25, 0.3) is 0 Å². The van der Waals surface area contributed by atoms with Crippen LogP contribution in [-0.2, 0) is 11.3 Å². The lowest BCUT2D eigenvalue weighted by Gasteiger charge is -2.33. The normalized spacial score (nSPS) is 18.5. The molecule has 4 nitrogen and oxygen atoms in total. The molecule has 132 valence electrons. The summed E-state index contributed by atoms with van der Waals surface area (Å²) in [7, 11) is 1.99. The van der Waals surface area contributed by atoms with Crippen LogP contribution in [0, 0.1) is 0 Å². The fourth-order valence-electron chi connectivity index (χ4n) is 3.66. The molecule has 3 rings (SSSR count). The van der Waals surface area contributed by atoms with E-state index >= 15 is 0 Å². The van der Waals surface area contributed by atoms with E-state index in [1.165, 1.54) is 5.56 Å². The second kappa shape index (κ2) is 8.28. The molecule has 0 spiro atoms. The number of likely N-dealkylation sites (tertiary alicyclic amines) is 1. The zero-order valence-corrected chi connectivity index (χ0v) is 14.7. The minimum atomic E-state index is -0.339. The van der Waals surface area contributed by atoms with Gasteiger partial charge in [-0.25, -0.2) is 0 Å². The van der Waals surface area contributed by atoms with Crippen molar-refractivity contribution in [1.29, 1.82) is 0 Å². The lowest BCUT2D eigenvalue weighted by atomic mass is 10.0. The van der Waals surface area contributed by atoms with E-state index in [2.05, 4.69) is 17.0 Å². The van der Waals surface area contributed by atoms with E-state index in [0.29, 0.717) is 6.54 Å². The lowest BCUT2D eigenvalue weighted by Crippen LogP contribution is -2.45. The first-order valence-electron chi connectivity index (χ1n) is 8.91. The molecule has 1 aliphatic rings. The number of hydrogen-bond acceptors (Lipinski definition) is 3. The second-order valence-electron chi connectivity index (χ2n) is 6.72. The predicted molar refractivity (Wildman–Crippen MR) is 98.9 cm³/mol. The first-order valence-corrected chi connectivity index (χ1v) is 8.91. The van der Waals surface area contributed by atoms with Crippen molar-refractivity contribution in [2.24, 2.45) is 0 Å². The van der Waals surface area contributed by atoms with Crippen LogP contribution < -0.4 is 0 Å². The summed E-state index contributed by atoms with van der Waals surface area (Å²) in [4.78, 5) is 17.3. The van der Waals surface area contributed by atoms with E-state index in [1.807, 2.05) is 60.5 Å². The van der Waals surface area contributed by atoms with Crippen LogP contribution in [0.1, 0.15) is 30.0 Å². The first-order chi connectivity index (χ1) is 12.2. The molecule has 2 atom stereocenters. The van der Waals surface area contributed by atoms with Crippen molar-refractivity contribution < 1.29 is 9.90 Å². The molecule has 0 unspecified atom stereocenters. The van der Waals surface area contributed by atoms with Crippen molar-refractivity contribution in [1.82, 2.24) is 9.80 Å². The third-order valence-corrected chi connectivity index (χ3v) is 4.94. The van der Waals surface area contributed by atoms with E-state index < -0.39 is 0 Å². The predicted octanol–water partition coefficient (Wildman–Crippen LogP) is 2.84. The Kier molecular flexibility index (Phi) is 5.84. The lowest BCUT2D eigenvalue weighted by molar-refractivity contribution is -0.138. The highest BCUT2D eigenvalue weighted by Crippen LogP contribution is 2.28. The standard InChI is InChI=1S/C21H26N2O2/c1-22(15-17-9-4-2-5-10-17)20(18-11-6-3-7-12-18)21(25)23-14-8-13-19(23)16-24/h2-7,9-12,19-20,24H,8,13-16H2,1H3/t19-,20-/m0/s1. The molecular weight excluding hydrogens is 312 g/mol. The Hall–Kier alpha value is -2.17. The number of likely N-dealkylation sites (N-methyl/N-ethyl adjacent to an activating group) is 1. The molecule has 4 heteroatoms. The Bertz CT molecular complexity index is 675. The van der Waals surface area contributed by atoms with Crippen LogP contribution in [0.4, 0.5) is 0 Å². The third-order valence-electron chi connectivity index (χ3n) is 4.94. The molecule has 2 aromatic carbocycles. The highest BCUT2D eigenvalue weighted by Gasteiger charge is 2.35. The van der Waals surface area contributed by atoms with Crippen LogP contribution in [-0.4, -0.2) is 47.1 Å². The number of carbonyl (C=O) groups excluding carboxylic acids is 1. The number of aliphatic hydroxyl groups excluding tert-OH is 1. The van der Waals surface area contributed by atoms with Crippen molar-refractivity contribution in [3.63, 3.8) is 0 Å². The summed E-state index contributed by atoms with van der Waals surface area (Å²) in [6.07, 6.45) is 1.84. The van der Waals surface area contributed by atoms with Gasteiger partial charge in [-0.2, -0.15) is 0 Å². The van der Waals surface area contributed by atoms with Gasteiger partial charge in [0.15, 0.2) is 0 Å². The second-order valence-corrected chi connectivity index (χ2v) is 6.72. The average Bonchev–Trinajstić information content (AvgIpc) is 3.12. The Labute approximate surface area is 149 Å². The molecule has 0 aliphatic carbocycles. The van der Waals surface area contributed by atoms with Crippen molar-refractivity contribution in [2.45, 2.75) is 31.5 Å². The SMILES string of the molecule is CN(Cc1ccccc1)[C@H](C(=O)N1CCC[C@H]1CO)c1ccccc1. The first kappa shape index (κ1) is 17.6. The van der Waals surface area contributed by atoms with Gasteiger partial charge in [0.2, 0.25) is 5.91 Å². The molecule has 1 heterocycles. The number of rotatable bonds is 6. The summed E-state index contributed by atoms with van der Waals surface area (Å²) in [5.74, 6) is 0.0844. The molecule has 0 radical (unpaired) electrons. The molecule has 2 aromatic rings. The summed E-state index contributed by atoms with van der Waals surface area (Å²) in [6.45, 7) is 1.46. The highest BCUT2D eigenvalue weighted by atomic mass is 16.3. The monoisotopic (exact) mass is 338 g/mol. The molecule has 25 heavy (non-hydrogen) atoms. The maximum Gasteiger partial charge on any atom is 0.244 e. The van der Waals surface area contributed by atoms with E-state index in [9.17, 15) is 9.90 Å². The molecule has 1 amide bonds. The number of amides is 1. The highest BCUT2D eigenvalue weighted by molar-refractivity contribution is 5.84. The Morgan fingerprint density at radius 2 is 1.80 bits per heavy atom. The molecule has 1 saturated heterocycles. The third kappa shape index (κ3) is 4.09. The van der Waals surface area contributed by atoms with Gasteiger partial charge in [-0.15, -0.1) is 0 Å². The summed E-state index contributed by atoms with van der Waals surface area (Å²) in [6, 6.07) is 19.7. The maximum absolute atomic E-state index is 13.3. The minimum Gasteiger partial charge on any atom is -0.394 e. The number of aliphatic hydroxyl groups is 1. The Morgan fingerprint density at radius 3 is 2.44 bits per heavy atom. The van der Waals surface area contributed by atoms with Gasteiger partial charge >= 0.3 is 0 Å².